The summed E-state index contributed by atoms with van der Waals surface area (Å²) in [6.45, 7) is 0.822. The summed E-state index contributed by atoms with van der Waals surface area (Å²) in [5.41, 5.74) is 2.05. The predicted octanol–water partition coefficient (Wildman–Crippen LogP) is 6.85. The van der Waals surface area contributed by atoms with E-state index in [0.29, 0.717) is 43.4 Å². The molecule has 46 heavy (non-hydrogen) atoms. The second-order valence-corrected chi connectivity index (χ2v) is 12.6. The van der Waals surface area contributed by atoms with Crippen molar-refractivity contribution in [3.63, 3.8) is 0 Å². The fourth-order valence-electron chi connectivity index (χ4n) is 5.39. The van der Waals surface area contributed by atoms with Crippen LogP contribution in [0.5, 0.6) is 17.2 Å². The van der Waals surface area contributed by atoms with Crippen LogP contribution in [0.4, 0.5) is 0 Å². The van der Waals surface area contributed by atoms with Crippen LogP contribution in [-0.2, 0) is 22.4 Å². The maximum Gasteiger partial charge on any atom is 0.252 e. The molecule has 5 rings (SSSR count). The van der Waals surface area contributed by atoms with E-state index in [-0.39, 0.29) is 18.9 Å². The van der Waals surface area contributed by atoms with Crippen molar-refractivity contribution in [3.05, 3.63) is 122 Å². The number of aliphatic hydroxyl groups excluding tert-OH is 1. The molecule has 2 N–H and O–H groups in total. The Kier molecular flexibility index (Phi) is 11.4. The standard InChI is InChI=1S/C36H36Br2N2O6/c1-43-30-16-17-32(44-2)26(22-30)18-19-39-35(42)36(23-27-6-3-4-7-31(27)38)33(24-8-12-28(37)13-9-24)46-34(40-36)25-10-14-29(15-11-25)45-21-5-20-41/h3-4,6-17,22,33,41H,5,18-21,23H2,1-2H3,(H,39,42)/t33-,36-/m1/s1. The highest BCUT2D eigenvalue weighted by molar-refractivity contribution is 9.10. The summed E-state index contributed by atoms with van der Waals surface area (Å²) in [6, 6.07) is 28.6. The van der Waals surface area contributed by atoms with Crippen molar-refractivity contribution in [2.24, 2.45) is 4.99 Å². The Balaban J connectivity index is 1.52. The topological polar surface area (TPSA) is 98.6 Å². The smallest absolute Gasteiger partial charge is 0.252 e. The zero-order valence-corrected chi connectivity index (χ0v) is 28.8. The van der Waals surface area contributed by atoms with Crippen LogP contribution in [0.15, 0.2) is 105 Å². The summed E-state index contributed by atoms with van der Waals surface area (Å²) in [5, 5.41) is 12.3. The number of aliphatic hydroxyl groups is 1. The number of nitrogens with one attached hydrogen (secondary N) is 1. The van der Waals surface area contributed by atoms with Gasteiger partial charge in [-0.1, -0.05) is 62.2 Å². The maximum atomic E-state index is 14.6. The zero-order chi connectivity index (χ0) is 32.5. The van der Waals surface area contributed by atoms with Crippen molar-refractivity contribution in [2.45, 2.75) is 30.9 Å². The van der Waals surface area contributed by atoms with E-state index in [9.17, 15) is 4.79 Å². The molecule has 1 heterocycles. The fraction of sp³-hybridized carbons (Fsp3) is 0.278. The molecule has 8 nitrogen and oxygen atoms in total. The van der Waals surface area contributed by atoms with E-state index >= 15 is 0 Å². The number of nitrogens with zero attached hydrogens (tertiary/aromatic N) is 1. The first-order chi connectivity index (χ1) is 22.4. The third-order valence-corrected chi connectivity index (χ3v) is 9.09. The van der Waals surface area contributed by atoms with Crippen LogP contribution in [-0.4, -0.2) is 56.4 Å². The van der Waals surface area contributed by atoms with Crippen LogP contribution < -0.4 is 19.5 Å². The molecule has 1 amide bonds. The van der Waals surface area contributed by atoms with E-state index in [1.807, 2.05) is 91.0 Å². The minimum Gasteiger partial charge on any atom is -0.497 e. The second-order valence-electron chi connectivity index (χ2n) is 10.8. The van der Waals surface area contributed by atoms with Gasteiger partial charge in [-0.3, -0.25) is 4.79 Å². The summed E-state index contributed by atoms with van der Waals surface area (Å²) in [6.07, 6.45) is 0.642. The Bertz CT molecular complexity index is 1660. The Morgan fingerprint density at radius 2 is 1.67 bits per heavy atom. The molecule has 0 bridgehead atoms. The minimum absolute atomic E-state index is 0.0644. The van der Waals surface area contributed by atoms with E-state index in [1.165, 1.54) is 0 Å². The van der Waals surface area contributed by atoms with Crippen molar-refractivity contribution in [2.75, 3.05) is 34.0 Å². The van der Waals surface area contributed by atoms with Crippen molar-refractivity contribution >= 4 is 43.7 Å². The lowest BCUT2D eigenvalue weighted by Gasteiger charge is -2.31. The van der Waals surface area contributed by atoms with Gasteiger partial charge in [0.15, 0.2) is 11.6 Å². The average Bonchev–Trinajstić information content (AvgIpc) is 3.47. The van der Waals surface area contributed by atoms with E-state index in [1.54, 1.807) is 14.2 Å². The van der Waals surface area contributed by atoms with Crippen molar-refractivity contribution < 1.29 is 28.8 Å². The first-order valence-corrected chi connectivity index (χ1v) is 16.5. The molecule has 0 radical (unpaired) electrons. The Morgan fingerprint density at radius 1 is 0.935 bits per heavy atom. The predicted molar refractivity (Wildman–Crippen MR) is 185 cm³/mol. The number of aliphatic imine (C=N–C) groups is 1. The van der Waals surface area contributed by atoms with Gasteiger partial charge in [-0.25, -0.2) is 4.99 Å². The van der Waals surface area contributed by atoms with Gasteiger partial charge in [0.1, 0.15) is 17.2 Å². The van der Waals surface area contributed by atoms with Gasteiger partial charge in [-0.05, 0) is 83.8 Å². The van der Waals surface area contributed by atoms with Crippen LogP contribution >= 0.6 is 31.9 Å². The second kappa shape index (κ2) is 15.6. The lowest BCUT2D eigenvalue weighted by Crippen LogP contribution is -2.50. The van der Waals surface area contributed by atoms with Gasteiger partial charge < -0.3 is 29.4 Å². The number of methoxy groups -OCH3 is 2. The molecule has 0 unspecified atom stereocenters. The molecule has 240 valence electrons. The maximum absolute atomic E-state index is 14.6. The lowest BCUT2D eigenvalue weighted by molar-refractivity contribution is -0.128. The molecule has 0 saturated carbocycles. The van der Waals surface area contributed by atoms with Gasteiger partial charge in [0.25, 0.3) is 5.91 Å². The van der Waals surface area contributed by atoms with Crippen molar-refractivity contribution in [3.8, 4) is 17.2 Å². The van der Waals surface area contributed by atoms with Gasteiger partial charge in [0, 0.05) is 40.5 Å². The van der Waals surface area contributed by atoms with Gasteiger partial charge in [0.05, 0.1) is 20.8 Å². The number of halogens is 2. The lowest BCUT2D eigenvalue weighted by atomic mass is 9.82. The summed E-state index contributed by atoms with van der Waals surface area (Å²) < 4.78 is 25.1. The van der Waals surface area contributed by atoms with Crippen LogP contribution in [0.3, 0.4) is 0 Å². The Hall–Kier alpha value is -3.86. The molecule has 4 aromatic rings. The molecule has 10 heteroatoms. The van der Waals surface area contributed by atoms with Gasteiger partial charge in [0.2, 0.25) is 5.90 Å². The third kappa shape index (κ3) is 7.74. The molecule has 0 spiro atoms. The van der Waals surface area contributed by atoms with E-state index in [2.05, 4.69) is 37.2 Å². The Labute approximate surface area is 286 Å². The molecule has 0 saturated heterocycles. The fourth-order valence-corrected chi connectivity index (χ4v) is 6.08. The number of rotatable bonds is 14. The monoisotopic (exact) mass is 750 g/mol. The number of ether oxygens (including phenoxy) is 4. The molecular weight excluding hydrogens is 716 g/mol. The number of benzene rings is 4. The number of carbonyl (C=O) groups is 1. The van der Waals surface area contributed by atoms with Gasteiger partial charge in [-0.15, -0.1) is 0 Å². The van der Waals surface area contributed by atoms with Crippen LogP contribution in [0.25, 0.3) is 0 Å². The molecule has 0 aliphatic carbocycles. The Morgan fingerprint density at radius 3 is 2.37 bits per heavy atom. The summed E-state index contributed by atoms with van der Waals surface area (Å²) in [4.78, 5) is 19.7. The molecule has 2 atom stereocenters. The first-order valence-electron chi connectivity index (χ1n) is 15.0. The number of amides is 1. The summed E-state index contributed by atoms with van der Waals surface area (Å²) in [5.74, 6) is 2.22. The molecule has 1 aliphatic heterocycles. The normalized spacial score (nSPS) is 17.2. The molecule has 0 fully saturated rings. The van der Waals surface area contributed by atoms with Gasteiger partial charge in [-0.2, -0.15) is 0 Å². The number of hydrogen-bond donors (Lipinski definition) is 2. The molecule has 0 aromatic heterocycles. The van der Waals surface area contributed by atoms with Crippen LogP contribution in [0.1, 0.15) is 34.8 Å². The van der Waals surface area contributed by atoms with E-state index in [4.69, 9.17) is 29.0 Å². The van der Waals surface area contributed by atoms with Crippen LogP contribution in [0, 0.1) is 0 Å². The SMILES string of the molecule is COc1ccc(OC)c(CCNC(=O)[C@]2(Cc3ccccc3Br)N=C(c3ccc(OCCCO)cc3)O[C@@H]2c2ccc(Br)cc2)c1. The number of hydrogen-bond acceptors (Lipinski definition) is 7. The highest BCUT2D eigenvalue weighted by atomic mass is 79.9. The minimum atomic E-state index is -1.33. The van der Waals surface area contributed by atoms with E-state index in [0.717, 1.165) is 36.9 Å². The van der Waals surface area contributed by atoms with Crippen molar-refractivity contribution in [1.82, 2.24) is 5.32 Å². The largest absolute Gasteiger partial charge is 0.497 e. The molecular formula is C36H36Br2N2O6. The highest BCUT2D eigenvalue weighted by Gasteiger charge is 2.53. The number of carbonyl (C=O) groups excluding carboxylic acids is 1. The first kappa shape index (κ1) is 33.5. The summed E-state index contributed by atoms with van der Waals surface area (Å²) in [7, 11) is 3.24. The summed E-state index contributed by atoms with van der Waals surface area (Å²) >= 11 is 7.22. The average molecular weight is 753 g/mol. The van der Waals surface area contributed by atoms with Crippen molar-refractivity contribution in [1.29, 1.82) is 0 Å². The molecule has 4 aromatic carbocycles. The van der Waals surface area contributed by atoms with Crippen LogP contribution in [0.2, 0.25) is 0 Å². The molecule has 1 aliphatic rings. The van der Waals surface area contributed by atoms with Gasteiger partial charge >= 0.3 is 0 Å². The highest BCUT2D eigenvalue weighted by Crippen LogP contribution is 2.43. The third-order valence-electron chi connectivity index (χ3n) is 7.79. The quantitative estimate of drug-likeness (QED) is 0.137. The zero-order valence-electron chi connectivity index (χ0n) is 25.7. The van der Waals surface area contributed by atoms with E-state index < -0.39 is 11.6 Å².